The Balaban J connectivity index is 1.81. The SMILES string of the molecule is N=C1SC(Br)(C(Br)c2ccc(Cl)cc2)C(=O)N1NC(=O)c1ccncc1. The molecule has 1 aromatic carbocycles. The van der Waals surface area contributed by atoms with Gasteiger partial charge in [0.05, 0.1) is 4.83 Å². The maximum atomic E-state index is 12.9. The Labute approximate surface area is 175 Å². The fourth-order valence-electron chi connectivity index (χ4n) is 2.25. The molecule has 1 aromatic heterocycles. The van der Waals surface area contributed by atoms with E-state index in [2.05, 4.69) is 42.3 Å². The number of thioether (sulfide) groups is 1. The number of rotatable bonds is 4. The van der Waals surface area contributed by atoms with Crippen LogP contribution in [0.15, 0.2) is 48.8 Å². The van der Waals surface area contributed by atoms with Crippen LogP contribution in [-0.4, -0.2) is 30.6 Å². The highest BCUT2D eigenvalue weighted by atomic mass is 79.9. The molecule has 1 fully saturated rings. The van der Waals surface area contributed by atoms with E-state index in [-0.39, 0.29) is 5.17 Å². The number of nitrogens with zero attached hydrogens (tertiary/aromatic N) is 2. The Morgan fingerprint density at radius 2 is 1.88 bits per heavy atom. The fourth-order valence-corrected chi connectivity index (χ4v) is 4.98. The summed E-state index contributed by atoms with van der Waals surface area (Å²) in [6, 6.07) is 10.1. The van der Waals surface area contributed by atoms with E-state index in [1.165, 1.54) is 24.5 Å². The standard InChI is InChI=1S/C16H11Br2ClN4O2S/c17-12(9-1-3-11(19)4-2-9)16(18)14(25)23(15(20)26-16)22-13(24)10-5-7-21-8-6-10/h1-8,12,20H,(H,22,24). The second-order valence-corrected chi connectivity index (χ2v) is 9.65. The summed E-state index contributed by atoms with van der Waals surface area (Å²) in [5, 5.41) is 9.54. The number of alkyl halides is 2. The van der Waals surface area contributed by atoms with Crippen LogP contribution in [0.1, 0.15) is 20.7 Å². The molecule has 2 aromatic rings. The van der Waals surface area contributed by atoms with Crippen molar-refractivity contribution in [2.24, 2.45) is 0 Å². The van der Waals surface area contributed by atoms with Gasteiger partial charge in [-0.25, -0.2) is 0 Å². The lowest BCUT2D eigenvalue weighted by Gasteiger charge is -2.25. The number of aromatic nitrogens is 1. The number of hydrazine groups is 1. The molecule has 134 valence electrons. The van der Waals surface area contributed by atoms with E-state index < -0.39 is 20.3 Å². The smallest absolute Gasteiger partial charge is 0.276 e. The number of amides is 2. The van der Waals surface area contributed by atoms with Gasteiger partial charge in [0.1, 0.15) is 0 Å². The summed E-state index contributed by atoms with van der Waals surface area (Å²) in [5.74, 6) is -0.966. The molecule has 0 spiro atoms. The van der Waals surface area contributed by atoms with Crippen LogP contribution in [0.25, 0.3) is 0 Å². The van der Waals surface area contributed by atoms with Gasteiger partial charge >= 0.3 is 0 Å². The summed E-state index contributed by atoms with van der Waals surface area (Å²) in [7, 11) is 0. The highest BCUT2D eigenvalue weighted by Crippen LogP contribution is 2.53. The maximum Gasteiger partial charge on any atom is 0.276 e. The topological polar surface area (TPSA) is 86.2 Å². The van der Waals surface area contributed by atoms with E-state index in [1.54, 1.807) is 24.3 Å². The number of hydrogen-bond donors (Lipinski definition) is 2. The van der Waals surface area contributed by atoms with Crippen LogP contribution >= 0.6 is 55.2 Å². The van der Waals surface area contributed by atoms with E-state index in [9.17, 15) is 9.59 Å². The second-order valence-electron chi connectivity index (χ2n) is 5.28. The molecule has 26 heavy (non-hydrogen) atoms. The first kappa shape index (κ1) is 19.3. The first-order valence-electron chi connectivity index (χ1n) is 7.24. The first-order chi connectivity index (χ1) is 12.3. The quantitative estimate of drug-likeness (QED) is 0.597. The number of nitrogens with one attached hydrogen (secondary N) is 2. The monoisotopic (exact) mass is 516 g/mol. The largest absolute Gasteiger partial charge is 0.277 e. The lowest BCUT2D eigenvalue weighted by molar-refractivity contribution is -0.128. The molecule has 1 saturated heterocycles. The molecular formula is C16H11Br2ClN4O2S. The van der Waals surface area contributed by atoms with Crippen LogP contribution in [-0.2, 0) is 4.79 Å². The molecule has 2 unspecified atom stereocenters. The average molecular weight is 519 g/mol. The zero-order chi connectivity index (χ0) is 18.9. The third-order valence-electron chi connectivity index (χ3n) is 3.59. The number of amidine groups is 1. The minimum absolute atomic E-state index is 0.0901. The van der Waals surface area contributed by atoms with Gasteiger partial charge in [0.15, 0.2) is 8.82 Å². The Morgan fingerprint density at radius 1 is 1.27 bits per heavy atom. The molecule has 2 atom stereocenters. The number of hydrogen-bond acceptors (Lipinski definition) is 5. The van der Waals surface area contributed by atoms with E-state index >= 15 is 0 Å². The lowest BCUT2D eigenvalue weighted by Crippen LogP contribution is -2.48. The van der Waals surface area contributed by atoms with Gasteiger partial charge in [-0.2, -0.15) is 5.01 Å². The van der Waals surface area contributed by atoms with Crippen molar-refractivity contribution in [3.63, 3.8) is 0 Å². The number of halogens is 3. The van der Waals surface area contributed by atoms with Gasteiger partial charge in [-0.3, -0.25) is 25.4 Å². The maximum absolute atomic E-state index is 12.9. The van der Waals surface area contributed by atoms with Crippen molar-refractivity contribution in [3.8, 4) is 0 Å². The van der Waals surface area contributed by atoms with Gasteiger partial charge in [0, 0.05) is 23.0 Å². The molecule has 0 saturated carbocycles. The average Bonchev–Trinajstić information content (AvgIpc) is 2.86. The molecule has 0 radical (unpaired) electrons. The van der Waals surface area contributed by atoms with Gasteiger partial charge in [-0.1, -0.05) is 67.4 Å². The van der Waals surface area contributed by atoms with Crippen LogP contribution < -0.4 is 5.43 Å². The normalized spacial score (nSPS) is 21.0. The van der Waals surface area contributed by atoms with Crippen molar-refractivity contribution < 1.29 is 9.59 Å². The Hall–Kier alpha value is -1.42. The van der Waals surface area contributed by atoms with Gasteiger partial charge in [0.2, 0.25) is 0 Å². The molecule has 0 bridgehead atoms. The Kier molecular flexibility index (Phi) is 5.71. The van der Waals surface area contributed by atoms with Gasteiger partial charge < -0.3 is 0 Å². The minimum Gasteiger partial charge on any atom is -0.277 e. The molecule has 3 rings (SSSR count). The summed E-state index contributed by atoms with van der Waals surface area (Å²) in [4.78, 5) is 28.6. The van der Waals surface area contributed by atoms with E-state index in [1.807, 2.05) is 0 Å². The highest BCUT2D eigenvalue weighted by Gasteiger charge is 2.55. The summed E-state index contributed by atoms with van der Waals surface area (Å²) in [6.07, 6.45) is 2.95. The van der Waals surface area contributed by atoms with E-state index in [0.717, 1.165) is 22.3 Å². The number of carbonyl (C=O) groups is 2. The summed E-state index contributed by atoms with van der Waals surface area (Å²) < 4.78 is -1.18. The molecule has 10 heteroatoms. The molecule has 0 aliphatic carbocycles. The predicted molar refractivity (Wildman–Crippen MR) is 109 cm³/mol. The van der Waals surface area contributed by atoms with Crippen LogP contribution in [0.5, 0.6) is 0 Å². The van der Waals surface area contributed by atoms with Crippen molar-refractivity contribution in [3.05, 3.63) is 64.9 Å². The van der Waals surface area contributed by atoms with Crippen LogP contribution in [0.2, 0.25) is 5.02 Å². The first-order valence-corrected chi connectivity index (χ1v) is 10.1. The molecule has 2 amide bonds. The van der Waals surface area contributed by atoms with Crippen LogP contribution in [0.3, 0.4) is 0 Å². The zero-order valence-electron chi connectivity index (χ0n) is 12.9. The fraction of sp³-hybridized carbons (Fsp3) is 0.125. The molecule has 1 aliphatic heterocycles. The molecule has 1 aliphatic rings. The van der Waals surface area contributed by atoms with Crippen LogP contribution in [0, 0.1) is 5.41 Å². The lowest BCUT2D eigenvalue weighted by atomic mass is 10.1. The number of benzene rings is 1. The van der Waals surface area contributed by atoms with Crippen molar-refractivity contribution >= 4 is 72.2 Å². The Morgan fingerprint density at radius 3 is 2.50 bits per heavy atom. The van der Waals surface area contributed by atoms with Crippen molar-refractivity contribution in [2.75, 3.05) is 0 Å². The number of carbonyl (C=O) groups excluding carboxylic acids is 2. The third-order valence-corrected chi connectivity index (χ3v) is 8.34. The highest BCUT2D eigenvalue weighted by molar-refractivity contribution is 9.14. The predicted octanol–water partition coefficient (Wildman–Crippen LogP) is 4.12. The number of pyridine rings is 1. The second kappa shape index (κ2) is 7.67. The van der Waals surface area contributed by atoms with Gasteiger partial charge in [-0.15, -0.1) is 0 Å². The van der Waals surface area contributed by atoms with Crippen molar-refractivity contribution in [2.45, 2.75) is 8.48 Å². The summed E-state index contributed by atoms with van der Waals surface area (Å²) in [5.41, 5.74) is 3.61. The molecule has 2 N–H and O–H groups in total. The molecule has 6 nitrogen and oxygen atoms in total. The minimum atomic E-state index is -1.18. The van der Waals surface area contributed by atoms with Crippen molar-refractivity contribution in [1.29, 1.82) is 5.41 Å². The van der Waals surface area contributed by atoms with E-state index in [0.29, 0.717) is 10.6 Å². The van der Waals surface area contributed by atoms with Crippen molar-refractivity contribution in [1.82, 2.24) is 15.4 Å². The van der Waals surface area contributed by atoms with Gasteiger partial charge in [-0.05, 0) is 29.8 Å². The molecule has 2 heterocycles. The van der Waals surface area contributed by atoms with Gasteiger partial charge in [0.25, 0.3) is 11.8 Å². The van der Waals surface area contributed by atoms with E-state index in [4.69, 9.17) is 17.0 Å². The third kappa shape index (κ3) is 3.66. The Bertz CT molecular complexity index is 868. The summed E-state index contributed by atoms with van der Waals surface area (Å²) >= 11 is 13.9. The summed E-state index contributed by atoms with van der Waals surface area (Å²) in [6.45, 7) is 0. The zero-order valence-corrected chi connectivity index (χ0v) is 17.7. The van der Waals surface area contributed by atoms with Crippen LogP contribution in [0.4, 0.5) is 0 Å². The molecular weight excluding hydrogens is 508 g/mol.